The second-order valence-corrected chi connectivity index (χ2v) is 5.89. The van der Waals surface area contributed by atoms with Crippen molar-refractivity contribution in [3.63, 3.8) is 0 Å². The highest BCUT2D eigenvalue weighted by atomic mass is 16.2. The average Bonchev–Trinajstić information content (AvgIpc) is 2.83. The van der Waals surface area contributed by atoms with Crippen molar-refractivity contribution in [1.82, 2.24) is 9.88 Å². The van der Waals surface area contributed by atoms with Gasteiger partial charge in [0.05, 0.1) is 6.42 Å². The highest BCUT2D eigenvalue weighted by molar-refractivity contribution is 5.78. The summed E-state index contributed by atoms with van der Waals surface area (Å²) >= 11 is 0. The first kappa shape index (κ1) is 12.6. The van der Waals surface area contributed by atoms with Crippen molar-refractivity contribution in [1.29, 1.82) is 0 Å². The normalized spacial score (nSPS) is 30.2. The van der Waals surface area contributed by atoms with Gasteiger partial charge >= 0.3 is 0 Å². The number of aromatic nitrogens is 1. The number of likely N-dealkylation sites (tertiary alicyclic amines) is 1. The van der Waals surface area contributed by atoms with Crippen LogP contribution in [0.2, 0.25) is 0 Å². The summed E-state index contributed by atoms with van der Waals surface area (Å²) in [5.41, 5.74) is 6.88. The average molecular weight is 259 g/mol. The number of hydrogen-bond acceptors (Lipinski definition) is 3. The highest BCUT2D eigenvalue weighted by Gasteiger charge is 2.38. The summed E-state index contributed by atoms with van der Waals surface area (Å²) in [7, 11) is 0. The molecule has 2 heterocycles. The van der Waals surface area contributed by atoms with Crippen LogP contribution in [0.1, 0.15) is 25.0 Å². The minimum Gasteiger partial charge on any atom is -0.342 e. The summed E-state index contributed by atoms with van der Waals surface area (Å²) in [6.07, 6.45) is 5.54. The number of carbonyl (C=O) groups excluding carboxylic acids is 1. The van der Waals surface area contributed by atoms with E-state index in [1.807, 2.05) is 23.1 Å². The zero-order valence-corrected chi connectivity index (χ0v) is 11.2. The van der Waals surface area contributed by atoms with Gasteiger partial charge in [0.2, 0.25) is 5.91 Å². The van der Waals surface area contributed by atoms with Gasteiger partial charge in [0.1, 0.15) is 0 Å². The standard InChI is InChI=1S/C15H21N3O/c16-13-5-4-11-9-18(10-12(11)7-13)15(19)8-14-3-1-2-6-17-14/h1-3,6,11-13H,4-5,7-10,16H2/t11-,12+,13?/m1/s1. The maximum atomic E-state index is 12.3. The second-order valence-electron chi connectivity index (χ2n) is 5.89. The molecule has 2 N–H and O–H groups in total. The number of carbonyl (C=O) groups is 1. The fourth-order valence-corrected chi connectivity index (χ4v) is 3.44. The third kappa shape index (κ3) is 2.78. The molecule has 2 fully saturated rings. The van der Waals surface area contributed by atoms with Crippen LogP contribution in [0.15, 0.2) is 24.4 Å². The van der Waals surface area contributed by atoms with Gasteiger partial charge in [-0.25, -0.2) is 0 Å². The smallest absolute Gasteiger partial charge is 0.228 e. The van der Waals surface area contributed by atoms with Crippen LogP contribution in [0.4, 0.5) is 0 Å². The largest absolute Gasteiger partial charge is 0.342 e. The van der Waals surface area contributed by atoms with Gasteiger partial charge in [-0.3, -0.25) is 9.78 Å². The first-order chi connectivity index (χ1) is 9.22. The number of rotatable bonds is 2. The van der Waals surface area contributed by atoms with Crippen molar-refractivity contribution in [3.05, 3.63) is 30.1 Å². The van der Waals surface area contributed by atoms with Crippen LogP contribution in [0, 0.1) is 11.8 Å². The predicted molar refractivity (Wildman–Crippen MR) is 73.3 cm³/mol. The molecule has 4 nitrogen and oxygen atoms in total. The van der Waals surface area contributed by atoms with Gasteiger partial charge in [-0.05, 0) is 43.2 Å². The third-order valence-corrected chi connectivity index (χ3v) is 4.50. The highest BCUT2D eigenvalue weighted by Crippen LogP contribution is 2.35. The molecule has 0 bridgehead atoms. The van der Waals surface area contributed by atoms with E-state index in [-0.39, 0.29) is 5.91 Å². The summed E-state index contributed by atoms with van der Waals surface area (Å²) in [5, 5.41) is 0. The Morgan fingerprint density at radius 1 is 1.32 bits per heavy atom. The lowest BCUT2D eigenvalue weighted by Crippen LogP contribution is -2.32. The Kier molecular flexibility index (Phi) is 3.51. The Bertz CT molecular complexity index is 448. The van der Waals surface area contributed by atoms with E-state index >= 15 is 0 Å². The van der Waals surface area contributed by atoms with E-state index in [1.165, 1.54) is 6.42 Å². The predicted octanol–water partition coefficient (Wildman–Crippen LogP) is 1.21. The van der Waals surface area contributed by atoms with Crippen molar-refractivity contribution in [2.24, 2.45) is 17.6 Å². The van der Waals surface area contributed by atoms with E-state index in [2.05, 4.69) is 4.98 Å². The fourth-order valence-electron chi connectivity index (χ4n) is 3.44. The van der Waals surface area contributed by atoms with E-state index in [4.69, 9.17) is 5.73 Å². The zero-order chi connectivity index (χ0) is 13.2. The SMILES string of the molecule is NC1CC[C@@H]2CN(C(=O)Cc3ccccn3)C[C@@H]2C1. The minimum absolute atomic E-state index is 0.210. The minimum atomic E-state index is 0.210. The fraction of sp³-hybridized carbons (Fsp3) is 0.600. The number of pyridine rings is 1. The Labute approximate surface area is 114 Å². The molecule has 0 aromatic carbocycles. The Hall–Kier alpha value is -1.42. The number of fused-ring (bicyclic) bond motifs is 1. The van der Waals surface area contributed by atoms with Gasteiger partial charge in [0.15, 0.2) is 0 Å². The molecule has 3 rings (SSSR count). The summed E-state index contributed by atoms with van der Waals surface area (Å²) in [5.74, 6) is 1.51. The maximum Gasteiger partial charge on any atom is 0.228 e. The van der Waals surface area contributed by atoms with Gasteiger partial charge < -0.3 is 10.6 Å². The lowest BCUT2D eigenvalue weighted by molar-refractivity contribution is -0.129. The number of nitrogens with zero attached hydrogens (tertiary/aromatic N) is 2. The molecule has 1 aliphatic heterocycles. The molecule has 3 atom stereocenters. The Morgan fingerprint density at radius 2 is 2.16 bits per heavy atom. The molecular weight excluding hydrogens is 238 g/mol. The van der Waals surface area contributed by atoms with Crippen LogP contribution in [0.3, 0.4) is 0 Å². The van der Waals surface area contributed by atoms with E-state index in [1.54, 1.807) is 6.20 Å². The van der Waals surface area contributed by atoms with Gasteiger partial charge in [0, 0.05) is 31.0 Å². The zero-order valence-electron chi connectivity index (χ0n) is 11.2. The molecule has 1 aromatic rings. The first-order valence-corrected chi connectivity index (χ1v) is 7.15. The van der Waals surface area contributed by atoms with Crippen LogP contribution >= 0.6 is 0 Å². The number of hydrogen-bond donors (Lipinski definition) is 1. The quantitative estimate of drug-likeness (QED) is 0.868. The number of nitrogens with two attached hydrogens (primary N) is 1. The van der Waals surface area contributed by atoms with E-state index in [0.29, 0.717) is 24.3 Å². The molecule has 1 saturated carbocycles. The molecule has 1 aliphatic carbocycles. The van der Waals surface area contributed by atoms with Gasteiger partial charge in [-0.15, -0.1) is 0 Å². The monoisotopic (exact) mass is 259 g/mol. The van der Waals surface area contributed by atoms with Crippen LogP contribution in [-0.4, -0.2) is 34.9 Å². The van der Waals surface area contributed by atoms with Gasteiger partial charge in [0.25, 0.3) is 0 Å². The molecule has 4 heteroatoms. The second kappa shape index (κ2) is 5.29. The lowest BCUT2D eigenvalue weighted by Gasteiger charge is -2.27. The van der Waals surface area contributed by atoms with E-state index < -0.39 is 0 Å². The molecule has 2 aliphatic rings. The maximum absolute atomic E-state index is 12.3. The molecule has 1 saturated heterocycles. The van der Waals surface area contributed by atoms with Crippen LogP contribution in [-0.2, 0) is 11.2 Å². The van der Waals surface area contributed by atoms with E-state index in [0.717, 1.165) is 31.6 Å². The van der Waals surface area contributed by atoms with Crippen molar-refractivity contribution in [2.75, 3.05) is 13.1 Å². The van der Waals surface area contributed by atoms with Crippen LogP contribution < -0.4 is 5.73 Å². The summed E-state index contributed by atoms with van der Waals surface area (Å²) in [4.78, 5) is 18.5. The first-order valence-electron chi connectivity index (χ1n) is 7.15. The summed E-state index contributed by atoms with van der Waals surface area (Å²) in [6, 6.07) is 6.06. The number of amides is 1. The molecular formula is C15H21N3O. The van der Waals surface area contributed by atoms with Crippen LogP contribution in [0.5, 0.6) is 0 Å². The van der Waals surface area contributed by atoms with Gasteiger partial charge in [-0.1, -0.05) is 6.07 Å². The summed E-state index contributed by atoms with van der Waals surface area (Å²) < 4.78 is 0. The van der Waals surface area contributed by atoms with Gasteiger partial charge in [-0.2, -0.15) is 0 Å². The van der Waals surface area contributed by atoms with E-state index in [9.17, 15) is 4.79 Å². The molecule has 0 radical (unpaired) electrons. The lowest BCUT2D eigenvalue weighted by atomic mass is 9.79. The topological polar surface area (TPSA) is 59.2 Å². The van der Waals surface area contributed by atoms with Crippen molar-refractivity contribution >= 4 is 5.91 Å². The molecule has 0 spiro atoms. The Morgan fingerprint density at radius 3 is 2.95 bits per heavy atom. The molecule has 102 valence electrons. The van der Waals surface area contributed by atoms with Crippen LogP contribution in [0.25, 0.3) is 0 Å². The third-order valence-electron chi connectivity index (χ3n) is 4.50. The van der Waals surface area contributed by atoms with Crippen molar-refractivity contribution in [3.8, 4) is 0 Å². The molecule has 19 heavy (non-hydrogen) atoms. The molecule has 1 unspecified atom stereocenters. The molecule has 1 aromatic heterocycles. The molecule has 1 amide bonds. The summed E-state index contributed by atoms with van der Waals surface area (Å²) in [6.45, 7) is 1.81. The van der Waals surface area contributed by atoms with Crippen molar-refractivity contribution in [2.45, 2.75) is 31.7 Å². The Balaban J connectivity index is 1.60. The van der Waals surface area contributed by atoms with Crippen molar-refractivity contribution < 1.29 is 4.79 Å².